The molecule has 0 atom stereocenters. The van der Waals surface area contributed by atoms with Crippen LogP contribution in [0.3, 0.4) is 0 Å². The Kier molecular flexibility index (Phi) is 7.15. The van der Waals surface area contributed by atoms with Crippen molar-refractivity contribution >= 4 is 17.6 Å². The van der Waals surface area contributed by atoms with Crippen molar-refractivity contribution in [1.29, 1.82) is 0 Å². The zero-order chi connectivity index (χ0) is 21.3. The predicted molar refractivity (Wildman–Crippen MR) is 115 cm³/mol. The number of aryl methyl sites for hydroxylation is 1. The van der Waals surface area contributed by atoms with Gasteiger partial charge in [-0.1, -0.05) is 24.3 Å². The highest BCUT2D eigenvalue weighted by Crippen LogP contribution is 2.11. The highest BCUT2D eigenvalue weighted by atomic mass is 19.1. The fraction of sp³-hybridized carbons (Fsp3) is 0.227. The lowest BCUT2D eigenvalue weighted by molar-refractivity contribution is -0.116. The Balaban J connectivity index is 1.50. The molecule has 0 radical (unpaired) electrons. The first-order valence-corrected chi connectivity index (χ1v) is 9.59. The molecule has 0 fully saturated rings. The van der Waals surface area contributed by atoms with E-state index in [0.29, 0.717) is 30.3 Å². The van der Waals surface area contributed by atoms with E-state index in [2.05, 4.69) is 26.0 Å². The summed E-state index contributed by atoms with van der Waals surface area (Å²) in [5.74, 6) is 0.236. The fourth-order valence-electron chi connectivity index (χ4n) is 2.84. The number of hydrogen-bond acceptors (Lipinski definition) is 3. The van der Waals surface area contributed by atoms with E-state index in [1.807, 2.05) is 30.3 Å². The Morgan fingerprint density at radius 1 is 1.10 bits per heavy atom. The number of rotatable bonds is 7. The van der Waals surface area contributed by atoms with Crippen LogP contribution in [-0.2, 0) is 24.4 Å². The number of aromatic nitrogens is 2. The van der Waals surface area contributed by atoms with Gasteiger partial charge in [-0.2, -0.15) is 5.10 Å². The molecule has 0 aliphatic heterocycles. The van der Waals surface area contributed by atoms with Gasteiger partial charge in [0, 0.05) is 38.2 Å². The second-order valence-corrected chi connectivity index (χ2v) is 6.82. The number of guanidine groups is 1. The minimum Gasteiger partial charge on any atom is -0.352 e. The number of nitrogens with zero attached hydrogens (tertiary/aromatic N) is 3. The summed E-state index contributed by atoms with van der Waals surface area (Å²) in [4.78, 5) is 16.3. The molecule has 3 N–H and O–H groups in total. The van der Waals surface area contributed by atoms with Gasteiger partial charge in [0.25, 0.3) is 0 Å². The molecule has 7 nitrogen and oxygen atoms in total. The molecule has 3 rings (SSSR count). The molecule has 156 valence electrons. The first-order valence-electron chi connectivity index (χ1n) is 9.59. The van der Waals surface area contributed by atoms with Crippen LogP contribution in [0.1, 0.15) is 16.7 Å². The number of hydrogen-bond donors (Lipinski definition) is 3. The van der Waals surface area contributed by atoms with Crippen molar-refractivity contribution in [2.24, 2.45) is 4.99 Å². The maximum atomic E-state index is 13.7. The molecular weight excluding hydrogens is 383 g/mol. The topological polar surface area (TPSA) is 83.3 Å². The molecule has 0 aliphatic rings. The lowest BCUT2D eigenvalue weighted by atomic mass is 10.1. The van der Waals surface area contributed by atoms with Crippen LogP contribution < -0.4 is 16.0 Å². The number of halogens is 1. The maximum absolute atomic E-state index is 13.7. The van der Waals surface area contributed by atoms with Gasteiger partial charge >= 0.3 is 0 Å². The van der Waals surface area contributed by atoms with Crippen LogP contribution in [0.5, 0.6) is 0 Å². The molecule has 30 heavy (non-hydrogen) atoms. The van der Waals surface area contributed by atoms with Crippen LogP contribution in [0.2, 0.25) is 0 Å². The van der Waals surface area contributed by atoms with Gasteiger partial charge in [0.1, 0.15) is 12.4 Å². The zero-order valence-electron chi connectivity index (χ0n) is 17.0. The predicted octanol–water partition coefficient (Wildman–Crippen LogP) is 2.83. The molecule has 8 heteroatoms. The molecule has 0 bridgehead atoms. The van der Waals surface area contributed by atoms with Gasteiger partial charge in [-0.05, 0) is 47.9 Å². The number of benzene rings is 2. The van der Waals surface area contributed by atoms with Gasteiger partial charge in [-0.3, -0.25) is 14.5 Å². The summed E-state index contributed by atoms with van der Waals surface area (Å²) in [5.41, 5.74) is 3.15. The van der Waals surface area contributed by atoms with Crippen molar-refractivity contribution in [3.05, 3.63) is 83.4 Å². The molecule has 2 aromatic carbocycles. The monoisotopic (exact) mass is 408 g/mol. The summed E-state index contributed by atoms with van der Waals surface area (Å²) in [5, 5.41) is 13.3. The standard InChI is InChI=1S/C22H25FN6O/c1-16-7-8-18(12-20(16)23)14-26-22(24-2)25-13-17-5-3-6-19(11-17)28-21(30)15-29-10-4-9-27-29/h3-12H,13-15H2,1-2H3,(H,28,30)(H2,24,25,26). The Hall–Kier alpha value is -3.68. The van der Waals surface area contributed by atoms with Gasteiger partial charge in [-0.25, -0.2) is 4.39 Å². The third-order valence-corrected chi connectivity index (χ3v) is 4.46. The second kappa shape index (κ2) is 10.2. The summed E-state index contributed by atoms with van der Waals surface area (Å²) in [7, 11) is 1.68. The summed E-state index contributed by atoms with van der Waals surface area (Å²) in [6, 6.07) is 14.5. The lowest BCUT2D eigenvalue weighted by Crippen LogP contribution is -2.36. The van der Waals surface area contributed by atoms with E-state index < -0.39 is 0 Å². The normalized spacial score (nSPS) is 11.2. The number of anilines is 1. The SMILES string of the molecule is CN=C(NCc1cccc(NC(=O)Cn2cccn2)c1)NCc1ccc(C)c(F)c1. The Morgan fingerprint density at radius 2 is 1.87 bits per heavy atom. The summed E-state index contributed by atoms with van der Waals surface area (Å²) in [6.07, 6.45) is 3.37. The van der Waals surface area contributed by atoms with Gasteiger partial charge in [0.05, 0.1) is 0 Å². The van der Waals surface area contributed by atoms with Crippen LogP contribution in [-0.4, -0.2) is 28.7 Å². The largest absolute Gasteiger partial charge is 0.352 e. The quantitative estimate of drug-likeness (QED) is 0.415. The molecule has 0 aliphatic carbocycles. The second-order valence-electron chi connectivity index (χ2n) is 6.82. The number of carbonyl (C=O) groups is 1. The van der Waals surface area contributed by atoms with E-state index in [-0.39, 0.29) is 18.3 Å². The Morgan fingerprint density at radius 3 is 2.53 bits per heavy atom. The van der Waals surface area contributed by atoms with Gasteiger partial charge < -0.3 is 16.0 Å². The number of aliphatic imine (C=N–C) groups is 1. The van der Waals surface area contributed by atoms with E-state index in [0.717, 1.165) is 11.1 Å². The Bertz CT molecular complexity index is 1020. The van der Waals surface area contributed by atoms with Crippen LogP contribution in [0, 0.1) is 12.7 Å². The van der Waals surface area contributed by atoms with E-state index in [4.69, 9.17) is 0 Å². The third-order valence-electron chi connectivity index (χ3n) is 4.46. The fourth-order valence-corrected chi connectivity index (χ4v) is 2.84. The van der Waals surface area contributed by atoms with E-state index >= 15 is 0 Å². The average Bonchev–Trinajstić information content (AvgIpc) is 3.24. The summed E-state index contributed by atoms with van der Waals surface area (Å²) in [6.45, 7) is 2.87. The molecule has 0 saturated carbocycles. The minimum absolute atomic E-state index is 0.147. The third kappa shape index (κ3) is 6.16. The highest BCUT2D eigenvalue weighted by molar-refractivity contribution is 5.90. The van der Waals surface area contributed by atoms with E-state index in [1.165, 1.54) is 6.07 Å². The lowest BCUT2D eigenvalue weighted by Gasteiger charge is -2.13. The number of amides is 1. The molecule has 0 spiro atoms. The number of carbonyl (C=O) groups excluding carboxylic acids is 1. The van der Waals surface area contributed by atoms with Crippen molar-refractivity contribution < 1.29 is 9.18 Å². The number of nitrogens with one attached hydrogen (secondary N) is 3. The van der Waals surface area contributed by atoms with Gasteiger partial charge in [0.15, 0.2) is 5.96 Å². The van der Waals surface area contributed by atoms with Crippen LogP contribution in [0.4, 0.5) is 10.1 Å². The van der Waals surface area contributed by atoms with Gasteiger partial charge in [-0.15, -0.1) is 0 Å². The molecule has 1 aromatic heterocycles. The van der Waals surface area contributed by atoms with Crippen LogP contribution >= 0.6 is 0 Å². The molecular formula is C22H25FN6O. The van der Waals surface area contributed by atoms with E-state index in [9.17, 15) is 9.18 Å². The van der Waals surface area contributed by atoms with E-state index in [1.54, 1.807) is 43.2 Å². The molecule has 3 aromatic rings. The molecule has 0 unspecified atom stereocenters. The molecule has 1 heterocycles. The smallest absolute Gasteiger partial charge is 0.246 e. The van der Waals surface area contributed by atoms with Crippen molar-refractivity contribution in [3.63, 3.8) is 0 Å². The first kappa shape index (κ1) is 21.0. The van der Waals surface area contributed by atoms with Crippen molar-refractivity contribution in [1.82, 2.24) is 20.4 Å². The highest BCUT2D eigenvalue weighted by Gasteiger charge is 2.06. The van der Waals surface area contributed by atoms with Crippen molar-refractivity contribution in [2.45, 2.75) is 26.6 Å². The average molecular weight is 408 g/mol. The van der Waals surface area contributed by atoms with Crippen LogP contribution in [0.25, 0.3) is 0 Å². The maximum Gasteiger partial charge on any atom is 0.246 e. The molecule has 1 amide bonds. The minimum atomic E-state index is -0.219. The summed E-state index contributed by atoms with van der Waals surface area (Å²) < 4.78 is 15.2. The van der Waals surface area contributed by atoms with Crippen molar-refractivity contribution in [3.8, 4) is 0 Å². The zero-order valence-corrected chi connectivity index (χ0v) is 17.0. The van der Waals surface area contributed by atoms with Gasteiger partial charge in [0.2, 0.25) is 5.91 Å². The first-order chi connectivity index (χ1) is 14.5. The van der Waals surface area contributed by atoms with Crippen molar-refractivity contribution in [2.75, 3.05) is 12.4 Å². The van der Waals surface area contributed by atoms with Crippen LogP contribution in [0.15, 0.2) is 65.9 Å². The Labute approximate surface area is 175 Å². The molecule has 0 saturated heterocycles. The summed E-state index contributed by atoms with van der Waals surface area (Å²) >= 11 is 0.